The molecule has 348 valence electrons. The Morgan fingerprint density at radius 3 is 2.17 bits per heavy atom. The maximum absolute atomic E-state index is 14.1. The Morgan fingerprint density at radius 1 is 0.846 bits per heavy atom. The predicted octanol–water partition coefficient (Wildman–Crippen LogP) is -0.601. The van der Waals surface area contributed by atoms with Gasteiger partial charge >= 0.3 is 11.9 Å². The number of aliphatic carboxylic acids is 2. The first-order chi connectivity index (χ1) is 30.7. The molecule has 12 N–H and O–H groups in total. The third-order valence-electron chi connectivity index (χ3n) is 11.8. The molecule has 65 heavy (non-hydrogen) atoms. The van der Waals surface area contributed by atoms with E-state index in [0.717, 1.165) is 18.2 Å². The molecule has 7 rings (SSSR count). The zero-order chi connectivity index (χ0) is 47.5. The van der Waals surface area contributed by atoms with Crippen LogP contribution in [0, 0.1) is 6.92 Å². The van der Waals surface area contributed by atoms with Crippen molar-refractivity contribution in [2.75, 3.05) is 20.3 Å². The number of hydrogen-bond acceptors (Lipinski definition) is 19. The lowest BCUT2D eigenvalue weighted by Gasteiger charge is -2.47. The maximum atomic E-state index is 14.1. The number of fused-ring (bicyclic) bond motifs is 5. The van der Waals surface area contributed by atoms with Crippen molar-refractivity contribution in [1.29, 1.82) is 0 Å². The zero-order valence-corrected chi connectivity index (χ0v) is 34.9. The summed E-state index contributed by atoms with van der Waals surface area (Å²) in [5, 5.41) is 114. The number of ether oxygens (including phenoxy) is 5. The van der Waals surface area contributed by atoms with E-state index in [-0.39, 0.29) is 34.5 Å². The van der Waals surface area contributed by atoms with Crippen molar-refractivity contribution in [3.63, 3.8) is 0 Å². The molecule has 2 heterocycles. The molecular weight excluding hydrogens is 864 g/mol. The molecule has 3 aromatic carbocycles. The van der Waals surface area contributed by atoms with E-state index in [9.17, 15) is 69.9 Å². The SMILES string of the molecule is COc1cc(O)c2c(c1)C(=O)c1c(cc3c(c1O)-c1c(cc(C)c(C(=O)NC(C)C(=O)O)c1O)[C@H](OC1OC(C)C(NC/C=C/C(=O)O)C(OC4OCC(O)C(O)C4O)C1O)[C@H]3O)C2=O. The summed E-state index contributed by atoms with van der Waals surface area (Å²) in [6.45, 7) is 3.43. The second kappa shape index (κ2) is 18.1. The number of phenolic OH excluding ortho intramolecular Hbond substituents is 3. The molecule has 2 fully saturated rings. The maximum Gasteiger partial charge on any atom is 0.328 e. The molecule has 10 unspecified atom stereocenters. The van der Waals surface area contributed by atoms with Crippen molar-refractivity contribution in [3.05, 3.63) is 80.9 Å². The number of benzene rings is 3. The number of hydrogen-bond donors (Lipinski definition) is 12. The normalized spacial score (nSPS) is 28.7. The van der Waals surface area contributed by atoms with Gasteiger partial charge in [0.05, 0.1) is 42.6 Å². The molecule has 2 aliphatic heterocycles. The highest BCUT2D eigenvalue weighted by Crippen LogP contribution is 2.57. The van der Waals surface area contributed by atoms with Crippen LogP contribution < -0.4 is 15.4 Å². The van der Waals surface area contributed by atoms with Gasteiger partial charge in [0.2, 0.25) is 0 Å². The van der Waals surface area contributed by atoms with E-state index >= 15 is 0 Å². The molecule has 22 nitrogen and oxygen atoms in total. The van der Waals surface area contributed by atoms with Crippen LogP contribution in [0.15, 0.2) is 36.4 Å². The van der Waals surface area contributed by atoms with Crippen LogP contribution in [-0.2, 0) is 28.5 Å². The summed E-state index contributed by atoms with van der Waals surface area (Å²) in [6, 6.07) is 2.06. The van der Waals surface area contributed by atoms with Crippen molar-refractivity contribution in [3.8, 4) is 34.1 Å². The highest BCUT2D eigenvalue weighted by atomic mass is 16.7. The third-order valence-corrected chi connectivity index (χ3v) is 11.8. The van der Waals surface area contributed by atoms with Crippen molar-refractivity contribution < 1.29 is 98.7 Å². The van der Waals surface area contributed by atoms with Gasteiger partial charge in [-0.2, -0.15) is 0 Å². The van der Waals surface area contributed by atoms with Crippen LogP contribution in [0.1, 0.15) is 84.9 Å². The molecule has 3 aromatic rings. The first-order valence-corrected chi connectivity index (χ1v) is 20.1. The molecule has 0 bridgehead atoms. The smallest absolute Gasteiger partial charge is 0.328 e. The average molecular weight is 911 g/mol. The summed E-state index contributed by atoms with van der Waals surface area (Å²) in [5.41, 5.74) is -3.77. The summed E-state index contributed by atoms with van der Waals surface area (Å²) >= 11 is 0. The highest BCUT2D eigenvalue weighted by Gasteiger charge is 2.51. The van der Waals surface area contributed by atoms with E-state index in [2.05, 4.69) is 10.6 Å². The lowest BCUT2D eigenvalue weighted by Crippen LogP contribution is -2.65. The van der Waals surface area contributed by atoms with Gasteiger partial charge in [0.25, 0.3) is 5.91 Å². The molecule has 0 saturated carbocycles. The van der Waals surface area contributed by atoms with Crippen LogP contribution in [-0.4, -0.2) is 162 Å². The Labute approximate surface area is 367 Å². The molecule has 0 radical (unpaired) electrons. The minimum absolute atomic E-state index is 0.00606. The number of carboxylic acids is 2. The molecular formula is C43H46N2O20. The second-order valence-corrected chi connectivity index (χ2v) is 16.0. The van der Waals surface area contributed by atoms with Crippen molar-refractivity contribution >= 4 is 29.4 Å². The summed E-state index contributed by atoms with van der Waals surface area (Å²) in [5.74, 6) is -8.13. The van der Waals surface area contributed by atoms with E-state index in [1.807, 2.05) is 0 Å². The molecule has 0 aromatic heterocycles. The number of methoxy groups -OCH3 is 1. The number of ketones is 2. The number of phenols is 3. The minimum Gasteiger partial charge on any atom is -0.507 e. The monoisotopic (exact) mass is 910 g/mol. The first kappa shape index (κ1) is 46.9. The van der Waals surface area contributed by atoms with Gasteiger partial charge in [-0.3, -0.25) is 19.2 Å². The van der Waals surface area contributed by atoms with E-state index in [1.54, 1.807) is 0 Å². The number of aryl methyl sites for hydroxylation is 1. The molecule has 2 aliphatic carbocycles. The third kappa shape index (κ3) is 8.29. The lowest BCUT2D eigenvalue weighted by atomic mass is 9.74. The number of nitrogens with one attached hydrogen (secondary N) is 2. The molecule has 2 saturated heterocycles. The van der Waals surface area contributed by atoms with Crippen LogP contribution >= 0.6 is 0 Å². The summed E-state index contributed by atoms with van der Waals surface area (Å²) < 4.78 is 29.1. The fourth-order valence-corrected chi connectivity index (χ4v) is 8.54. The number of aliphatic hydroxyl groups is 5. The van der Waals surface area contributed by atoms with E-state index in [4.69, 9.17) is 28.8 Å². The fourth-order valence-electron chi connectivity index (χ4n) is 8.54. The Bertz CT molecular complexity index is 2490. The van der Waals surface area contributed by atoms with Gasteiger partial charge in [-0.05, 0) is 49.6 Å². The summed E-state index contributed by atoms with van der Waals surface area (Å²) in [7, 11) is 1.25. The van der Waals surface area contributed by atoms with Crippen LogP contribution in [0.25, 0.3) is 11.1 Å². The largest absolute Gasteiger partial charge is 0.507 e. The second-order valence-electron chi connectivity index (χ2n) is 16.0. The van der Waals surface area contributed by atoms with Crippen LogP contribution in [0.2, 0.25) is 0 Å². The number of rotatable bonds is 12. The summed E-state index contributed by atoms with van der Waals surface area (Å²) in [4.78, 5) is 64.7. The Balaban J connectivity index is 1.35. The van der Waals surface area contributed by atoms with Gasteiger partial charge in [-0.25, -0.2) is 4.79 Å². The average Bonchev–Trinajstić information content (AvgIpc) is 3.24. The van der Waals surface area contributed by atoms with Gasteiger partial charge in [0.15, 0.2) is 24.1 Å². The molecule has 4 aliphatic rings. The number of carbonyl (C=O) groups excluding carboxylic acids is 3. The summed E-state index contributed by atoms with van der Waals surface area (Å²) in [6.07, 6.45) is -14.6. The highest BCUT2D eigenvalue weighted by molar-refractivity contribution is 6.31. The number of carboxylic acid groups (broad SMARTS) is 2. The van der Waals surface area contributed by atoms with Crippen molar-refractivity contribution in [2.24, 2.45) is 0 Å². The molecule has 22 heteroatoms. The van der Waals surface area contributed by atoms with Gasteiger partial charge in [-0.15, -0.1) is 0 Å². The van der Waals surface area contributed by atoms with Gasteiger partial charge in [0, 0.05) is 40.9 Å². The van der Waals surface area contributed by atoms with Crippen molar-refractivity contribution in [2.45, 2.75) is 94.3 Å². The number of amides is 1. The van der Waals surface area contributed by atoms with E-state index < -0.39 is 160 Å². The quantitative estimate of drug-likeness (QED) is 0.0790. The molecule has 12 atom stereocenters. The Hall–Kier alpha value is -6.05. The van der Waals surface area contributed by atoms with Gasteiger partial charge in [-0.1, -0.05) is 12.1 Å². The first-order valence-electron chi connectivity index (χ1n) is 20.1. The Kier molecular flexibility index (Phi) is 13.1. The lowest BCUT2D eigenvalue weighted by molar-refractivity contribution is -0.339. The number of aromatic hydroxyl groups is 3. The van der Waals surface area contributed by atoms with Crippen LogP contribution in [0.3, 0.4) is 0 Å². The molecule has 0 spiro atoms. The standard InChI is InChI=1S/C43H46N2O20/c1-13-8-20-27(34(54)24(13)40(58)45-14(2)41(59)60)26-18(11-19-28(35(26)55)31(51)17-9-16(61-4)10-21(46)25(17)30(19)50)32(52)38(20)64-43-37(57)39(65-42-36(56)33(53)22(47)12-62-42)29(15(3)63-43)44-7-5-6-23(48)49/h5-6,8-11,14-15,22,29,32-33,36-39,42-44,46-47,52-57H,7,12H2,1-4H3,(H,45,58)(H,48,49)(H,59,60)/b6-5+/t14?,15?,22?,29?,32-,33?,36?,37?,38-,39?,42?,43?/m0/s1. The van der Waals surface area contributed by atoms with E-state index in [0.29, 0.717) is 0 Å². The topological polar surface area (TPSA) is 358 Å². The predicted molar refractivity (Wildman–Crippen MR) is 216 cm³/mol. The minimum atomic E-state index is -1.96. The number of carbonyl (C=O) groups is 5. The van der Waals surface area contributed by atoms with Gasteiger partial charge in [0.1, 0.15) is 71.8 Å². The Morgan fingerprint density at radius 2 is 1.51 bits per heavy atom. The van der Waals surface area contributed by atoms with E-state index in [1.165, 1.54) is 46.1 Å². The zero-order valence-electron chi connectivity index (χ0n) is 34.9. The van der Waals surface area contributed by atoms with Crippen LogP contribution in [0.5, 0.6) is 23.0 Å². The van der Waals surface area contributed by atoms with Gasteiger partial charge < -0.3 is 85.4 Å². The number of aliphatic hydroxyl groups excluding tert-OH is 5. The van der Waals surface area contributed by atoms with Crippen molar-refractivity contribution in [1.82, 2.24) is 10.6 Å². The van der Waals surface area contributed by atoms with Crippen LogP contribution in [0.4, 0.5) is 0 Å². The molecule has 1 amide bonds. The fraction of sp³-hybridized carbons (Fsp3) is 0.419.